The zero-order valence-electron chi connectivity index (χ0n) is 12.3. The van der Waals surface area contributed by atoms with Crippen LogP contribution in [0.4, 0.5) is 0 Å². The van der Waals surface area contributed by atoms with Crippen LogP contribution in [-0.2, 0) is 9.59 Å². The van der Waals surface area contributed by atoms with E-state index in [2.05, 4.69) is 18.7 Å². The second-order valence-electron chi connectivity index (χ2n) is 4.72. The van der Waals surface area contributed by atoms with Gasteiger partial charge in [-0.1, -0.05) is 20.8 Å². The summed E-state index contributed by atoms with van der Waals surface area (Å²) in [7, 11) is 0. The fourth-order valence-corrected chi connectivity index (χ4v) is 2.16. The molecular weight excluding hydrogens is 246 g/mol. The molecule has 19 heavy (non-hydrogen) atoms. The molecule has 0 heterocycles. The second kappa shape index (κ2) is 8.69. The molecule has 0 radical (unpaired) electrons. The fourth-order valence-electron chi connectivity index (χ4n) is 2.16. The van der Waals surface area contributed by atoms with Gasteiger partial charge in [-0.25, -0.2) is 9.59 Å². The van der Waals surface area contributed by atoms with Crippen LogP contribution in [0.25, 0.3) is 0 Å². The van der Waals surface area contributed by atoms with Crippen LogP contribution in [0.2, 0.25) is 0 Å². The van der Waals surface area contributed by atoms with Gasteiger partial charge in [0.15, 0.2) is 0 Å². The number of carboxylic acids is 2. The lowest BCUT2D eigenvalue weighted by Crippen LogP contribution is -2.25. The van der Waals surface area contributed by atoms with E-state index in [4.69, 9.17) is 10.2 Å². The van der Waals surface area contributed by atoms with Gasteiger partial charge in [-0.05, 0) is 45.3 Å². The first kappa shape index (κ1) is 17.6. The van der Waals surface area contributed by atoms with E-state index in [1.54, 1.807) is 6.92 Å². The van der Waals surface area contributed by atoms with Crippen LogP contribution >= 0.6 is 0 Å². The molecule has 0 rings (SSSR count). The minimum atomic E-state index is -1.16. The number of aliphatic carboxylic acids is 2. The summed E-state index contributed by atoms with van der Waals surface area (Å²) >= 11 is 0. The summed E-state index contributed by atoms with van der Waals surface area (Å²) in [6.45, 7) is 10.2. The van der Waals surface area contributed by atoms with Crippen molar-refractivity contribution in [3.05, 3.63) is 11.1 Å². The second-order valence-corrected chi connectivity index (χ2v) is 4.72. The molecule has 110 valence electrons. The predicted molar refractivity (Wildman–Crippen MR) is 74.2 cm³/mol. The number of rotatable bonds is 9. The Morgan fingerprint density at radius 2 is 1.63 bits per heavy atom. The van der Waals surface area contributed by atoms with Crippen molar-refractivity contribution < 1.29 is 19.8 Å². The highest BCUT2D eigenvalue weighted by molar-refractivity contribution is 5.98. The molecule has 0 spiro atoms. The van der Waals surface area contributed by atoms with Gasteiger partial charge >= 0.3 is 11.9 Å². The first-order valence-corrected chi connectivity index (χ1v) is 6.74. The Balaban J connectivity index is 4.61. The molecule has 0 aromatic rings. The van der Waals surface area contributed by atoms with Crippen molar-refractivity contribution in [3.8, 4) is 0 Å². The molecule has 1 atom stereocenters. The van der Waals surface area contributed by atoms with Gasteiger partial charge in [0, 0.05) is 11.1 Å². The Morgan fingerprint density at radius 1 is 1.11 bits per heavy atom. The van der Waals surface area contributed by atoms with Crippen LogP contribution in [0.1, 0.15) is 40.5 Å². The first-order valence-electron chi connectivity index (χ1n) is 6.74. The van der Waals surface area contributed by atoms with E-state index in [1.165, 1.54) is 6.92 Å². The average molecular weight is 271 g/mol. The maximum atomic E-state index is 11.2. The Labute approximate surface area is 114 Å². The van der Waals surface area contributed by atoms with Crippen LogP contribution in [0, 0.1) is 5.92 Å². The molecule has 5 heteroatoms. The van der Waals surface area contributed by atoms with Crippen molar-refractivity contribution in [1.29, 1.82) is 0 Å². The molecule has 5 nitrogen and oxygen atoms in total. The SMILES string of the molecule is CCN(CC)CCCC(C)/C(C(=O)O)=C(/C)C(=O)O. The molecule has 0 fully saturated rings. The van der Waals surface area contributed by atoms with Gasteiger partial charge in [0.2, 0.25) is 0 Å². The summed E-state index contributed by atoms with van der Waals surface area (Å²) in [5.74, 6) is -2.53. The van der Waals surface area contributed by atoms with Crippen molar-refractivity contribution in [2.45, 2.75) is 40.5 Å². The molecule has 0 bridgehead atoms. The topological polar surface area (TPSA) is 77.8 Å². The van der Waals surface area contributed by atoms with Crippen molar-refractivity contribution in [2.24, 2.45) is 5.92 Å². The minimum absolute atomic E-state index is 0.0204. The van der Waals surface area contributed by atoms with Crippen molar-refractivity contribution in [1.82, 2.24) is 4.90 Å². The molecular formula is C14H25NO4. The van der Waals surface area contributed by atoms with Gasteiger partial charge < -0.3 is 15.1 Å². The molecule has 0 aliphatic heterocycles. The van der Waals surface area contributed by atoms with E-state index < -0.39 is 11.9 Å². The number of carbonyl (C=O) groups is 2. The normalized spacial score (nSPS) is 14.2. The van der Waals surface area contributed by atoms with E-state index in [9.17, 15) is 9.59 Å². The Hall–Kier alpha value is -1.36. The Bertz CT molecular complexity index is 345. The third kappa shape index (κ3) is 5.87. The maximum absolute atomic E-state index is 11.2. The molecule has 0 amide bonds. The lowest BCUT2D eigenvalue weighted by Gasteiger charge is -2.20. The van der Waals surface area contributed by atoms with E-state index in [0.717, 1.165) is 26.1 Å². The number of nitrogens with zero attached hydrogens (tertiary/aromatic N) is 1. The van der Waals surface area contributed by atoms with E-state index in [0.29, 0.717) is 6.42 Å². The fraction of sp³-hybridized carbons (Fsp3) is 0.714. The van der Waals surface area contributed by atoms with Crippen LogP contribution in [0.3, 0.4) is 0 Å². The lowest BCUT2D eigenvalue weighted by molar-refractivity contribution is -0.136. The molecule has 2 N–H and O–H groups in total. The predicted octanol–water partition coefficient (Wildman–Crippen LogP) is 2.23. The quantitative estimate of drug-likeness (QED) is 0.629. The lowest BCUT2D eigenvalue weighted by atomic mass is 9.92. The Morgan fingerprint density at radius 3 is 2.00 bits per heavy atom. The third-order valence-electron chi connectivity index (χ3n) is 3.45. The van der Waals surface area contributed by atoms with Crippen molar-refractivity contribution in [3.63, 3.8) is 0 Å². The third-order valence-corrected chi connectivity index (χ3v) is 3.45. The van der Waals surface area contributed by atoms with Crippen LogP contribution in [-0.4, -0.2) is 46.7 Å². The van der Waals surface area contributed by atoms with Crippen molar-refractivity contribution >= 4 is 11.9 Å². The smallest absolute Gasteiger partial charge is 0.332 e. The molecule has 0 aliphatic carbocycles. The largest absolute Gasteiger partial charge is 0.478 e. The van der Waals surface area contributed by atoms with Crippen LogP contribution in [0.15, 0.2) is 11.1 Å². The molecule has 0 aromatic carbocycles. The summed E-state index contributed by atoms with van der Waals surface area (Å²) in [6.07, 6.45) is 1.55. The molecule has 0 saturated carbocycles. The van der Waals surface area contributed by atoms with Gasteiger partial charge in [0.25, 0.3) is 0 Å². The van der Waals surface area contributed by atoms with E-state index >= 15 is 0 Å². The first-order chi connectivity index (χ1) is 8.84. The van der Waals surface area contributed by atoms with Gasteiger partial charge in [-0.15, -0.1) is 0 Å². The van der Waals surface area contributed by atoms with E-state index in [1.807, 2.05) is 0 Å². The van der Waals surface area contributed by atoms with Gasteiger partial charge in [-0.3, -0.25) is 0 Å². The van der Waals surface area contributed by atoms with Crippen molar-refractivity contribution in [2.75, 3.05) is 19.6 Å². The maximum Gasteiger partial charge on any atom is 0.332 e. The zero-order valence-corrected chi connectivity index (χ0v) is 12.3. The number of carboxylic acid groups (broad SMARTS) is 2. The highest BCUT2D eigenvalue weighted by Crippen LogP contribution is 2.21. The summed E-state index contributed by atoms with van der Waals surface area (Å²) in [5, 5.41) is 18.0. The summed E-state index contributed by atoms with van der Waals surface area (Å²) in [6, 6.07) is 0. The number of hydrogen-bond acceptors (Lipinski definition) is 3. The van der Waals surface area contributed by atoms with Gasteiger partial charge in [-0.2, -0.15) is 0 Å². The molecule has 0 saturated heterocycles. The minimum Gasteiger partial charge on any atom is -0.478 e. The molecule has 1 unspecified atom stereocenters. The monoisotopic (exact) mass is 271 g/mol. The summed E-state index contributed by atoms with van der Waals surface area (Å²) in [5.41, 5.74) is -0.0464. The zero-order chi connectivity index (χ0) is 15.0. The van der Waals surface area contributed by atoms with E-state index in [-0.39, 0.29) is 17.1 Å². The van der Waals surface area contributed by atoms with Gasteiger partial charge in [0.1, 0.15) is 0 Å². The highest BCUT2D eigenvalue weighted by atomic mass is 16.4. The van der Waals surface area contributed by atoms with Crippen LogP contribution < -0.4 is 0 Å². The molecule has 0 aromatic heterocycles. The summed E-state index contributed by atoms with van der Waals surface area (Å²) in [4.78, 5) is 24.3. The Kier molecular flexibility index (Phi) is 8.07. The molecule has 0 aliphatic rings. The average Bonchev–Trinajstić information content (AvgIpc) is 2.34. The highest BCUT2D eigenvalue weighted by Gasteiger charge is 2.22. The standard InChI is InChI=1S/C14H25NO4/c1-5-15(6-2)9-7-8-10(3)12(14(18)19)11(4)13(16)17/h10H,5-9H2,1-4H3,(H,16,17)(H,18,19)/b12-11+. The van der Waals surface area contributed by atoms with Crippen LogP contribution in [0.5, 0.6) is 0 Å². The van der Waals surface area contributed by atoms with Gasteiger partial charge in [0.05, 0.1) is 0 Å². The number of hydrogen-bond donors (Lipinski definition) is 2. The summed E-state index contributed by atoms with van der Waals surface area (Å²) < 4.78 is 0.